The van der Waals surface area contributed by atoms with Gasteiger partial charge in [0.1, 0.15) is 0 Å². The first-order valence-corrected chi connectivity index (χ1v) is 8.66. The topological polar surface area (TPSA) is 54.9 Å². The highest BCUT2D eigenvalue weighted by Gasteiger charge is 2.30. The van der Waals surface area contributed by atoms with Crippen LogP contribution < -0.4 is 5.32 Å². The summed E-state index contributed by atoms with van der Waals surface area (Å²) in [7, 11) is 0. The van der Waals surface area contributed by atoms with Crippen molar-refractivity contribution < 1.29 is 18.0 Å². The van der Waals surface area contributed by atoms with E-state index in [0.29, 0.717) is 16.3 Å². The molecule has 3 aromatic rings. The number of rotatable bonds is 4. The van der Waals surface area contributed by atoms with Gasteiger partial charge in [-0.05, 0) is 30.7 Å². The normalized spacial score (nSPS) is 11.3. The predicted molar refractivity (Wildman–Crippen MR) is 99.8 cm³/mol. The molecular formula is C20H15ClF3N3O. The number of hydrogen-bond donors (Lipinski definition) is 1. The number of carbonyl (C=O) groups is 1. The maximum atomic E-state index is 12.7. The van der Waals surface area contributed by atoms with Gasteiger partial charge in [-0.2, -0.15) is 13.2 Å². The monoisotopic (exact) mass is 405 g/mol. The Labute approximate surface area is 164 Å². The van der Waals surface area contributed by atoms with Crippen molar-refractivity contribution in [2.75, 3.05) is 0 Å². The molecule has 0 spiro atoms. The Hall–Kier alpha value is -2.93. The lowest BCUT2D eigenvalue weighted by Crippen LogP contribution is -2.24. The lowest BCUT2D eigenvalue weighted by atomic mass is 10.1. The van der Waals surface area contributed by atoms with Gasteiger partial charge >= 0.3 is 6.18 Å². The number of alkyl halides is 3. The van der Waals surface area contributed by atoms with E-state index in [1.165, 1.54) is 18.3 Å². The summed E-state index contributed by atoms with van der Waals surface area (Å²) >= 11 is 6.07. The highest BCUT2D eigenvalue weighted by Crippen LogP contribution is 2.30. The number of aryl methyl sites for hydroxylation is 1. The van der Waals surface area contributed by atoms with E-state index in [1.807, 2.05) is 6.07 Å². The Kier molecular flexibility index (Phi) is 5.65. The quantitative estimate of drug-likeness (QED) is 0.660. The van der Waals surface area contributed by atoms with Crippen LogP contribution >= 0.6 is 11.6 Å². The second kappa shape index (κ2) is 7.98. The number of halogens is 4. The minimum absolute atomic E-state index is 0.244. The largest absolute Gasteiger partial charge is 0.416 e. The smallest absolute Gasteiger partial charge is 0.348 e. The van der Waals surface area contributed by atoms with Crippen LogP contribution in [0.5, 0.6) is 0 Å². The predicted octanol–water partition coefficient (Wildman–Crippen LogP) is 5.05. The van der Waals surface area contributed by atoms with E-state index in [4.69, 9.17) is 11.6 Å². The van der Waals surface area contributed by atoms with Crippen molar-refractivity contribution in [2.45, 2.75) is 19.6 Å². The summed E-state index contributed by atoms with van der Waals surface area (Å²) in [6, 6.07) is 11.7. The third kappa shape index (κ3) is 4.48. The van der Waals surface area contributed by atoms with Crippen molar-refractivity contribution in [3.8, 4) is 11.4 Å². The molecular weight excluding hydrogens is 391 g/mol. The van der Waals surface area contributed by atoms with Gasteiger partial charge in [-0.1, -0.05) is 41.9 Å². The van der Waals surface area contributed by atoms with E-state index in [9.17, 15) is 18.0 Å². The van der Waals surface area contributed by atoms with Gasteiger partial charge in [-0.3, -0.25) is 4.79 Å². The third-order valence-electron chi connectivity index (χ3n) is 4.09. The fourth-order valence-electron chi connectivity index (χ4n) is 2.55. The van der Waals surface area contributed by atoms with E-state index in [2.05, 4.69) is 15.3 Å². The Bertz CT molecular complexity index is 1000. The van der Waals surface area contributed by atoms with Crippen molar-refractivity contribution in [3.63, 3.8) is 0 Å². The highest BCUT2D eigenvalue weighted by molar-refractivity contribution is 6.31. The zero-order valence-corrected chi connectivity index (χ0v) is 15.5. The van der Waals surface area contributed by atoms with Crippen molar-refractivity contribution in [1.29, 1.82) is 0 Å². The van der Waals surface area contributed by atoms with Gasteiger partial charge in [0.2, 0.25) is 0 Å². The second-order valence-electron chi connectivity index (χ2n) is 6.04. The van der Waals surface area contributed by atoms with E-state index < -0.39 is 11.7 Å². The molecule has 1 heterocycles. The summed E-state index contributed by atoms with van der Waals surface area (Å²) in [5.41, 5.74) is 1.16. The third-order valence-corrected chi connectivity index (χ3v) is 4.46. The van der Waals surface area contributed by atoms with E-state index in [1.54, 1.807) is 25.1 Å². The first-order chi connectivity index (χ1) is 13.3. The van der Waals surface area contributed by atoms with Crippen molar-refractivity contribution in [1.82, 2.24) is 15.3 Å². The molecule has 0 saturated carbocycles. The molecule has 4 nitrogen and oxygen atoms in total. The lowest BCUT2D eigenvalue weighted by Gasteiger charge is -2.10. The summed E-state index contributed by atoms with van der Waals surface area (Å²) in [5.74, 6) is -0.120. The molecule has 28 heavy (non-hydrogen) atoms. The molecule has 0 aliphatic carbocycles. The minimum atomic E-state index is -4.40. The average molecular weight is 406 g/mol. The maximum Gasteiger partial charge on any atom is 0.416 e. The SMILES string of the molecule is Cc1nc(-c2ccc(C(F)(F)F)cc2)ncc1C(=O)NCc1ccccc1Cl. The number of hydrogen-bond acceptors (Lipinski definition) is 3. The zero-order valence-electron chi connectivity index (χ0n) is 14.7. The summed E-state index contributed by atoms with van der Waals surface area (Å²) in [4.78, 5) is 20.8. The average Bonchev–Trinajstić information content (AvgIpc) is 2.66. The van der Waals surface area contributed by atoms with Gasteiger partial charge in [-0.25, -0.2) is 9.97 Å². The molecule has 0 saturated heterocycles. The van der Waals surface area contributed by atoms with Crippen LogP contribution in [0.1, 0.15) is 27.2 Å². The van der Waals surface area contributed by atoms with E-state index >= 15 is 0 Å². The molecule has 0 unspecified atom stereocenters. The molecule has 144 valence electrons. The zero-order chi connectivity index (χ0) is 20.3. The molecule has 1 amide bonds. The molecule has 2 aromatic carbocycles. The molecule has 0 radical (unpaired) electrons. The molecule has 1 N–H and O–H groups in total. The summed E-state index contributed by atoms with van der Waals surface area (Å²) in [5, 5.41) is 3.30. The molecule has 1 aromatic heterocycles. The molecule has 0 aliphatic rings. The molecule has 0 bridgehead atoms. The van der Waals surface area contributed by atoms with Crippen molar-refractivity contribution in [3.05, 3.63) is 82.1 Å². The van der Waals surface area contributed by atoms with Crippen LogP contribution in [0.15, 0.2) is 54.7 Å². The van der Waals surface area contributed by atoms with Crippen LogP contribution in [0.2, 0.25) is 5.02 Å². The molecule has 3 rings (SSSR count). The van der Waals surface area contributed by atoms with Gasteiger partial charge in [0, 0.05) is 23.3 Å². The number of nitrogens with one attached hydrogen (secondary N) is 1. The van der Waals surface area contributed by atoms with Gasteiger partial charge in [0.25, 0.3) is 5.91 Å². The van der Waals surface area contributed by atoms with Crippen LogP contribution in [0.3, 0.4) is 0 Å². The van der Waals surface area contributed by atoms with Gasteiger partial charge < -0.3 is 5.32 Å². The molecule has 0 fully saturated rings. The maximum absolute atomic E-state index is 12.7. The number of carbonyl (C=O) groups excluding carboxylic acids is 1. The van der Waals surface area contributed by atoms with Crippen LogP contribution in [0, 0.1) is 6.92 Å². The van der Waals surface area contributed by atoms with Gasteiger partial charge in [0.15, 0.2) is 5.82 Å². The van der Waals surface area contributed by atoms with Crippen LogP contribution in [-0.2, 0) is 12.7 Å². The summed E-state index contributed by atoms with van der Waals surface area (Å²) in [6.45, 7) is 1.89. The highest BCUT2D eigenvalue weighted by atomic mass is 35.5. The van der Waals surface area contributed by atoms with Crippen LogP contribution in [0.4, 0.5) is 13.2 Å². The second-order valence-corrected chi connectivity index (χ2v) is 6.45. The minimum Gasteiger partial charge on any atom is -0.348 e. The summed E-state index contributed by atoms with van der Waals surface area (Å²) < 4.78 is 38.0. The fourth-order valence-corrected chi connectivity index (χ4v) is 2.75. The van der Waals surface area contributed by atoms with Crippen molar-refractivity contribution in [2.24, 2.45) is 0 Å². The first-order valence-electron chi connectivity index (χ1n) is 8.28. The van der Waals surface area contributed by atoms with Gasteiger partial charge in [0.05, 0.1) is 16.8 Å². The number of aromatic nitrogens is 2. The lowest BCUT2D eigenvalue weighted by molar-refractivity contribution is -0.137. The first kappa shape index (κ1) is 19.8. The standard InChI is InChI=1S/C20H15ClF3N3O/c1-12-16(19(28)26-10-14-4-2-3-5-17(14)21)11-25-18(27-12)13-6-8-15(9-7-13)20(22,23)24/h2-9,11H,10H2,1H3,(H,26,28). The molecule has 0 atom stereocenters. The molecule has 8 heteroatoms. The Morgan fingerprint density at radius 1 is 1.11 bits per heavy atom. The Morgan fingerprint density at radius 2 is 1.79 bits per heavy atom. The van der Waals surface area contributed by atoms with Gasteiger partial charge in [-0.15, -0.1) is 0 Å². The summed E-state index contributed by atoms with van der Waals surface area (Å²) in [6.07, 6.45) is -3.05. The Balaban J connectivity index is 1.75. The number of benzene rings is 2. The van der Waals surface area contributed by atoms with E-state index in [0.717, 1.165) is 17.7 Å². The fraction of sp³-hybridized carbons (Fsp3) is 0.150. The van der Waals surface area contributed by atoms with Crippen molar-refractivity contribution >= 4 is 17.5 Å². The van der Waals surface area contributed by atoms with E-state index in [-0.39, 0.29) is 23.8 Å². The number of amides is 1. The van der Waals surface area contributed by atoms with Crippen LogP contribution in [0.25, 0.3) is 11.4 Å². The Morgan fingerprint density at radius 3 is 2.39 bits per heavy atom. The molecule has 0 aliphatic heterocycles. The number of nitrogens with zero attached hydrogens (tertiary/aromatic N) is 2. The van der Waals surface area contributed by atoms with Crippen LogP contribution in [-0.4, -0.2) is 15.9 Å².